The number of benzene rings is 2. The molecular formula is C47H54FN9O4. The van der Waals surface area contributed by atoms with E-state index in [-0.39, 0.29) is 42.3 Å². The molecule has 0 radical (unpaired) electrons. The molecule has 3 saturated heterocycles. The van der Waals surface area contributed by atoms with Crippen molar-refractivity contribution in [2.45, 2.75) is 101 Å². The molecule has 4 aromatic rings. The van der Waals surface area contributed by atoms with Gasteiger partial charge in [-0.3, -0.25) is 39.6 Å². The second kappa shape index (κ2) is 14.0. The van der Waals surface area contributed by atoms with Crippen molar-refractivity contribution < 1.29 is 23.5 Å². The highest BCUT2D eigenvalue weighted by Gasteiger charge is 2.49. The first-order chi connectivity index (χ1) is 29.6. The van der Waals surface area contributed by atoms with Gasteiger partial charge in [-0.25, -0.2) is 4.39 Å². The maximum atomic E-state index is 15.4. The number of ether oxygens (including phenoxy) is 1. The molecule has 0 unspecified atom stereocenters. The number of pyridine rings is 1. The minimum Gasteiger partial charge on any atom is -0.489 e. The number of anilines is 2. The first-order valence-electron chi connectivity index (χ1n) is 22.6. The molecule has 2 saturated carbocycles. The zero-order valence-electron chi connectivity index (χ0n) is 34.9. The van der Waals surface area contributed by atoms with Crippen molar-refractivity contribution in [2.24, 2.45) is 11.3 Å². The highest BCUT2D eigenvalue weighted by molar-refractivity contribution is 6.06. The normalized spacial score (nSPS) is 28.2. The number of amides is 3. The van der Waals surface area contributed by atoms with Crippen molar-refractivity contribution in [3.05, 3.63) is 76.7 Å². The summed E-state index contributed by atoms with van der Waals surface area (Å²) in [6.07, 6.45) is 11.8. The molecule has 2 N–H and O–H groups in total. The van der Waals surface area contributed by atoms with Crippen molar-refractivity contribution in [1.29, 1.82) is 0 Å². The number of imide groups is 1. The van der Waals surface area contributed by atoms with Crippen LogP contribution in [0.25, 0.3) is 10.9 Å². The second-order valence-corrected chi connectivity index (χ2v) is 19.7. The van der Waals surface area contributed by atoms with Crippen molar-refractivity contribution in [3.63, 3.8) is 0 Å². The van der Waals surface area contributed by atoms with Crippen LogP contribution in [0.1, 0.15) is 97.1 Å². The van der Waals surface area contributed by atoms with Crippen molar-refractivity contribution in [1.82, 2.24) is 35.2 Å². The van der Waals surface area contributed by atoms with Crippen LogP contribution in [-0.2, 0) is 22.6 Å². The van der Waals surface area contributed by atoms with Crippen molar-refractivity contribution >= 4 is 40.0 Å². The third kappa shape index (κ3) is 6.41. The van der Waals surface area contributed by atoms with Crippen LogP contribution in [0.5, 0.6) is 5.75 Å². The number of rotatable bonds is 7. The summed E-state index contributed by atoms with van der Waals surface area (Å²) in [6, 6.07) is 12.4. The van der Waals surface area contributed by atoms with Crippen LogP contribution in [-0.4, -0.2) is 124 Å². The summed E-state index contributed by atoms with van der Waals surface area (Å²) in [5.41, 5.74) is 7.65. The van der Waals surface area contributed by atoms with Gasteiger partial charge in [-0.2, -0.15) is 5.10 Å². The summed E-state index contributed by atoms with van der Waals surface area (Å²) in [6.45, 7) is 9.73. The van der Waals surface area contributed by atoms with Gasteiger partial charge in [-0.15, -0.1) is 0 Å². The van der Waals surface area contributed by atoms with E-state index in [1.54, 1.807) is 4.90 Å². The maximum absolute atomic E-state index is 15.4. The minimum absolute atomic E-state index is 0.0890. The lowest BCUT2D eigenvalue weighted by Gasteiger charge is -2.54. The zero-order chi connectivity index (χ0) is 41.2. The Hall–Kier alpha value is -5.08. The van der Waals surface area contributed by atoms with Gasteiger partial charge in [0.1, 0.15) is 24.1 Å². The Balaban J connectivity index is 0.656. The number of hydrogen-bond acceptors (Lipinski definition) is 10. The zero-order valence-corrected chi connectivity index (χ0v) is 34.9. The van der Waals surface area contributed by atoms with Gasteiger partial charge in [0.15, 0.2) is 0 Å². The van der Waals surface area contributed by atoms with E-state index in [0.717, 1.165) is 85.2 Å². The highest BCUT2D eigenvalue weighted by atomic mass is 19.1. The van der Waals surface area contributed by atoms with Crippen LogP contribution < -0.4 is 19.9 Å². The minimum atomic E-state index is -1.08. The molecule has 61 heavy (non-hydrogen) atoms. The number of alkyl halides is 1. The second-order valence-electron chi connectivity index (χ2n) is 19.7. The number of piperazine rings is 1. The van der Waals surface area contributed by atoms with Gasteiger partial charge in [0, 0.05) is 75.8 Å². The van der Waals surface area contributed by atoms with E-state index >= 15 is 4.39 Å². The fourth-order valence-corrected chi connectivity index (χ4v) is 12.3. The number of piperidine rings is 2. The Morgan fingerprint density at radius 3 is 2.61 bits per heavy atom. The van der Waals surface area contributed by atoms with E-state index in [0.29, 0.717) is 49.9 Å². The summed E-state index contributed by atoms with van der Waals surface area (Å²) < 4.78 is 21.7. The number of hydrogen-bond donors (Lipinski definition) is 2. The fourth-order valence-electron chi connectivity index (χ4n) is 12.3. The molecule has 4 atom stereocenters. The van der Waals surface area contributed by atoms with Gasteiger partial charge in [0.05, 0.1) is 47.1 Å². The van der Waals surface area contributed by atoms with Crippen LogP contribution in [0, 0.1) is 11.3 Å². The summed E-state index contributed by atoms with van der Waals surface area (Å²) in [4.78, 5) is 54.4. The summed E-state index contributed by atoms with van der Waals surface area (Å²) in [5.74, 6) is 0.628. The monoisotopic (exact) mass is 827 g/mol. The quantitative estimate of drug-likeness (QED) is 0.242. The molecule has 8 aliphatic rings. The average molecular weight is 828 g/mol. The molecule has 5 fully saturated rings. The Morgan fingerprint density at radius 2 is 1.82 bits per heavy atom. The third-order valence-corrected chi connectivity index (χ3v) is 15.8. The molecule has 3 amide bonds. The van der Waals surface area contributed by atoms with Crippen LogP contribution in [0.15, 0.2) is 48.8 Å². The van der Waals surface area contributed by atoms with Gasteiger partial charge in [-0.1, -0.05) is 6.07 Å². The van der Waals surface area contributed by atoms with Gasteiger partial charge in [0.2, 0.25) is 11.8 Å². The predicted molar refractivity (Wildman–Crippen MR) is 227 cm³/mol. The molecule has 1 spiro atoms. The predicted octanol–water partition coefficient (Wildman–Crippen LogP) is 5.14. The van der Waals surface area contributed by atoms with Crippen molar-refractivity contribution in [3.8, 4) is 5.75 Å². The number of halogens is 1. The maximum Gasteiger partial charge on any atom is 0.255 e. The van der Waals surface area contributed by atoms with E-state index in [1.807, 2.05) is 12.3 Å². The standard InChI is InChI=1S/C47H54FN9O4/c1-28-16-35-33(3-5-37-36(35)22-50-52-37)43(57(28)27-47(48)8-9-47)38-4-2-31(21-49-38)54-12-10-46(11-13-54)19-29(20-46)23-53-14-15-55-32(25-53)26-61-41-18-34-30(17-40(41)55)24-56(45(34)60)39-6-7-42(58)51-44(39)59/h2-5,17-18,21-22,28-29,32,39,43H,6-16,19-20,23-27H2,1H3,(H,50,52)(H,51,58,59)/t28-,32-,39+,43+/m1/s1. The molecule has 8 heterocycles. The van der Waals surface area contributed by atoms with Crippen LogP contribution >= 0.6 is 0 Å². The number of fused-ring (bicyclic) bond motifs is 7. The lowest BCUT2D eigenvalue weighted by Crippen LogP contribution is -2.59. The highest BCUT2D eigenvalue weighted by Crippen LogP contribution is 2.54. The smallest absolute Gasteiger partial charge is 0.255 e. The van der Waals surface area contributed by atoms with Gasteiger partial charge >= 0.3 is 0 Å². The first-order valence-corrected chi connectivity index (χ1v) is 22.6. The summed E-state index contributed by atoms with van der Waals surface area (Å²) in [7, 11) is 0. The summed E-state index contributed by atoms with van der Waals surface area (Å²) >= 11 is 0. The topological polar surface area (TPSA) is 130 Å². The molecule has 2 aromatic heterocycles. The number of carbonyl (C=O) groups is 3. The molecule has 14 heteroatoms. The van der Waals surface area contributed by atoms with Crippen LogP contribution in [0.4, 0.5) is 15.8 Å². The van der Waals surface area contributed by atoms with E-state index in [1.165, 1.54) is 42.5 Å². The number of aromatic amines is 1. The lowest BCUT2D eigenvalue weighted by molar-refractivity contribution is -0.136. The average Bonchev–Trinajstić information content (AvgIpc) is 3.62. The lowest BCUT2D eigenvalue weighted by atomic mass is 9.57. The van der Waals surface area contributed by atoms with Gasteiger partial charge < -0.3 is 19.4 Å². The number of H-pyrrole nitrogens is 1. The molecule has 0 bridgehead atoms. The molecule has 318 valence electrons. The third-order valence-electron chi connectivity index (χ3n) is 15.8. The van der Waals surface area contributed by atoms with Crippen molar-refractivity contribution in [2.75, 3.05) is 62.2 Å². The number of aromatic nitrogens is 3. The molecule has 6 aliphatic heterocycles. The Labute approximate surface area is 354 Å². The molecule has 12 rings (SSSR count). The molecule has 2 aliphatic carbocycles. The van der Waals surface area contributed by atoms with E-state index in [2.05, 4.69) is 78.6 Å². The van der Waals surface area contributed by atoms with E-state index in [9.17, 15) is 14.4 Å². The van der Waals surface area contributed by atoms with E-state index in [4.69, 9.17) is 9.72 Å². The number of nitrogens with one attached hydrogen (secondary N) is 2. The Bertz CT molecular complexity index is 2440. The molecule has 2 aromatic carbocycles. The molecule has 13 nitrogen and oxygen atoms in total. The summed E-state index contributed by atoms with van der Waals surface area (Å²) in [5, 5.41) is 11.0. The molecular weight excluding hydrogens is 774 g/mol. The number of carbonyl (C=O) groups excluding carboxylic acids is 3. The van der Waals surface area contributed by atoms with Gasteiger partial charge in [0.25, 0.3) is 5.91 Å². The Morgan fingerprint density at radius 1 is 0.967 bits per heavy atom. The van der Waals surface area contributed by atoms with Crippen LogP contribution in [0.2, 0.25) is 0 Å². The van der Waals surface area contributed by atoms with Gasteiger partial charge in [-0.05, 0) is 117 Å². The first kappa shape index (κ1) is 37.7. The van der Waals surface area contributed by atoms with E-state index < -0.39 is 11.7 Å². The largest absolute Gasteiger partial charge is 0.489 e. The van der Waals surface area contributed by atoms with Crippen LogP contribution in [0.3, 0.4) is 0 Å². The number of nitrogens with zero attached hydrogens (tertiary/aromatic N) is 7. The SMILES string of the molecule is C[C@@H]1Cc2c(ccc3[nH]ncc23)[C@@H](c2ccc(N3CCC4(CC3)CC(CN3CCN5c6cc7c(cc6OC[C@H]5C3)C(=O)N([C@H]3CCC(=O)NC3=O)C7)C4)cn2)N1CC1(F)CC1. The Kier molecular flexibility index (Phi) is 8.62. The fraction of sp³-hybridized carbons (Fsp3) is 0.553.